The highest BCUT2D eigenvalue weighted by Crippen LogP contribution is 2.35. The van der Waals surface area contributed by atoms with E-state index in [0.29, 0.717) is 35.5 Å². The molecule has 0 aromatic heterocycles. The Kier molecular flexibility index (Phi) is 7.57. The zero-order valence-electron chi connectivity index (χ0n) is 17.4. The van der Waals surface area contributed by atoms with Crippen LogP contribution >= 0.6 is 11.8 Å². The monoisotopic (exact) mass is 443 g/mol. The second-order valence-electron chi connectivity index (χ2n) is 7.32. The molecule has 0 saturated heterocycles. The van der Waals surface area contributed by atoms with Crippen LogP contribution in [0.1, 0.15) is 39.6 Å². The fourth-order valence-electron chi connectivity index (χ4n) is 3.43. The minimum Gasteiger partial charge on any atom is -0.483 e. The number of fused-ring (bicyclic) bond motifs is 1. The van der Waals surface area contributed by atoms with Gasteiger partial charge in [-0.2, -0.15) is 11.8 Å². The van der Waals surface area contributed by atoms with Crippen LogP contribution < -0.4 is 10.1 Å². The standard InChI is InChI=1S/C23H25NO6S/c1-14-7-8-19(29-13-21(25)24-18(22(26)27)9-10-31-2)17(11-14)20-12-15-5-3-4-6-16(15)23(28)30-20/h3-8,11,18,20H,9-10,12-13H2,1-2H3,(H,24,25)(H,26,27)/t18-,20-/m0/s1. The summed E-state index contributed by atoms with van der Waals surface area (Å²) in [6.07, 6.45) is 2.17. The third kappa shape index (κ3) is 5.79. The predicted octanol–water partition coefficient (Wildman–Crippen LogP) is 3.15. The molecule has 0 bridgehead atoms. The lowest BCUT2D eigenvalue weighted by molar-refractivity contribution is -0.142. The summed E-state index contributed by atoms with van der Waals surface area (Å²) in [5, 5.41) is 11.8. The number of cyclic esters (lactones) is 1. The van der Waals surface area contributed by atoms with Crippen molar-refractivity contribution in [3.05, 3.63) is 64.7 Å². The Morgan fingerprint density at radius 2 is 2.06 bits per heavy atom. The van der Waals surface area contributed by atoms with Crippen molar-refractivity contribution < 1.29 is 29.0 Å². The van der Waals surface area contributed by atoms with E-state index in [9.17, 15) is 19.5 Å². The number of benzene rings is 2. The van der Waals surface area contributed by atoms with E-state index in [1.807, 2.05) is 37.4 Å². The van der Waals surface area contributed by atoms with E-state index in [0.717, 1.165) is 11.1 Å². The molecule has 1 aliphatic heterocycles. The number of amides is 1. The van der Waals surface area contributed by atoms with Gasteiger partial charge in [0.05, 0.1) is 5.56 Å². The Morgan fingerprint density at radius 3 is 2.81 bits per heavy atom. The number of carboxylic acid groups (broad SMARTS) is 1. The van der Waals surface area contributed by atoms with Crippen LogP contribution in [0, 0.1) is 6.92 Å². The smallest absolute Gasteiger partial charge is 0.339 e. The van der Waals surface area contributed by atoms with Crippen molar-refractivity contribution in [2.75, 3.05) is 18.6 Å². The molecular formula is C23H25NO6S. The van der Waals surface area contributed by atoms with Crippen molar-refractivity contribution in [1.82, 2.24) is 5.32 Å². The quantitative estimate of drug-likeness (QED) is 0.574. The van der Waals surface area contributed by atoms with Gasteiger partial charge in [0.25, 0.3) is 5.91 Å². The van der Waals surface area contributed by atoms with Gasteiger partial charge in [0.2, 0.25) is 0 Å². The van der Waals surface area contributed by atoms with Crippen molar-refractivity contribution in [3.8, 4) is 5.75 Å². The summed E-state index contributed by atoms with van der Waals surface area (Å²) in [6.45, 7) is 1.58. The molecule has 8 heteroatoms. The van der Waals surface area contributed by atoms with E-state index in [1.165, 1.54) is 11.8 Å². The van der Waals surface area contributed by atoms with E-state index in [2.05, 4.69) is 5.32 Å². The molecule has 2 aromatic carbocycles. The van der Waals surface area contributed by atoms with Gasteiger partial charge in [0.1, 0.15) is 17.9 Å². The molecule has 0 radical (unpaired) electrons. The summed E-state index contributed by atoms with van der Waals surface area (Å²) >= 11 is 1.51. The topological polar surface area (TPSA) is 102 Å². The largest absolute Gasteiger partial charge is 0.483 e. The van der Waals surface area contributed by atoms with Gasteiger partial charge in [-0.25, -0.2) is 9.59 Å². The summed E-state index contributed by atoms with van der Waals surface area (Å²) in [6, 6.07) is 11.8. The number of aryl methyl sites for hydroxylation is 1. The molecular weight excluding hydrogens is 418 g/mol. The minimum atomic E-state index is -1.08. The number of carbonyl (C=O) groups excluding carboxylic acids is 2. The van der Waals surface area contributed by atoms with Crippen molar-refractivity contribution in [1.29, 1.82) is 0 Å². The SMILES string of the molecule is CSCC[C@H](NC(=O)COc1ccc(C)cc1[C@@H]1Cc2ccccc2C(=O)O1)C(=O)O. The van der Waals surface area contributed by atoms with Crippen LogP contribution in [-0.4, -0.2) is 47.6 Å². The molecule has 7 nitrogen and oxygen atoms in total. The molecule has 31 heavy (non-hydrogen) atoms. The Morgan fingerprint density at radius 1 is 1.29 bits per heavy atom. The van der Waals surface area contributed by atoms with E-state index >= 15 is 0 Å². The van der Waals surface area contributed by atoms with Gasteiger partial charge in [0, 0.05) is 12.0 Å². The summed E-state index contributed by atoms with van der Waals surface area (Å²) in [5.74, 6) is -0.948. The van der Waals surface area contributed by atoms with Crippen molar-refractivity contribution >= 4 is 29.6 Å². The normalized spacial score (nSPS) is 16.1. The molecule has 2 N–H and O–H groups in total. The fraction of sp³-hybridized carbons (Fsp3) is 0.348. The van der Waals surface area contributed by atoms with Crippen molar-refractivity contribution in [3.63, 3.8) is 0 Å². The zero-order chi connectivity index (χ0) is 22.4. The number of esters is 1. The number of carboxylic acids is 1. The molecule has 3 rings (SSSR count). The zero-order valence-corrected chi connectivity index (χ0v) is 18.2. The number of carbonyl (C=O) groups is 3. The van der Waals surface area contributed by atoms with Crippen LogP contribution in [0.2, 0.25) is 0 Å². The maximum atomic E-state index is 12.4. The first kappa shape index (κ1) is 22.7. The highest BCUT2D eigenvalue weighted by molar-refractivity contribution is 7.98. The van der Waals surface area contributed by atoms with Crippen LogP contribution in [0.15, 0.2) is 42.5 Å². The lowest BCUT2D eigenvalue weighted by Crippen LogP contribution is -2.43. The molecule has 0 fully saturated rings. The molecule has 2 aromatic rings. The van der Waals surface area contributed by atoms with E-state index in [4.69, 9.17) is 9.47 Å². The summed E-state index contributed by atoms with van der Waals surface area (Å²) in [5.41, 5.74) is 3.09. The number of ether oxygens (including phenoxy) is 2. The summed E-state index contributed by atoms with van der Waals surface area (Å²) in [4.78, 5) is 36.0. The van der Waals surface area contributed by atoms with Crippen LogP contribution in [-0.2, 0) is 20.7 Å². The van der Waals surface area contributed by atoms with E-state index < -0.39 is 30.0 Å². The molecule has 0 unspecified atom stereocenters. The maximum Gasteiger partial charge on any atom is 0.339 e. The Hall–Kier alpha value is -3.00. The molecule has 2 atom stereocenters. The number of hydrogen-bond donors (Lipinski definition) is 2. The van der Waals surface area contributed by atoms with E-state index in [-0.39, 0.29) is 6.61 Å². The van der Waals surface area contributed by atoms with Gasteiger partial charge < -0.3 is 19.9 Å². The first-order valence-electron chi connectivity index (χ1n) is 9.92. The lowest BCUT2D eigenvalue weighted by atomic mass is 9.93. The summed E-state index contributed by atoms with van der Waals surface area (Å²) < 4.78 is 11.4. The second kappa shape index (κ2) is 10.3. The van der Waals surface area contributed by atoms with Crippen LogP contribution in [0.25, 0.3) is 0 Å². The van der Waals surface area contributed by atoms with Gasteiger partial charge >= 0.3 is 11.9 Å². The maximum absolute atomic E-state index is 12.4. The molecule has 0 saturated carbocycles. The van der Waals surface area contributed by atoms with Crippen molar-refractivity contribution in [2.45, 2.75) is 31.9 Å². The van der Waals surface area contributed by atoms with Crippen LogP contribution in [0.5, 0.6) is 5.75 Å². The molecule has 1 heterocycles. The predicted molar refractivity (Wildman–Crippen MR) is 118 cm³/mol. The van der Waals surface area contributed by atoms with E-state index in [1.54, 1.807) is 18.2 Å². The van der Waals surface area contributed by atoms with Gasteiger partial charge in [0.15, 0.2) is 6.61 Å². The Labute approximate surface area is 185 Å². The molecule has 1 amide bonds. The van der Waals surface area contributed by atoms with Gasteiger partial charge in [-0.15, -0.1) is 0 Å². The first-order valence-corrected chi connectivity index (χ1v) is 11.3. The molecule has 0 aliphatic carbocycles. The number of aliphatic carboxylic acids is 1. The van der Waals surface area contributed by atoms with Crippen LogP contribution in [0.3, 0.4) is 0 Å². The highest BCUT2D eigenvalue weighted by Gasteiger charge is 2.29. The number of thioether (sulfide) groups is 1. The van der Waals surface area contributed by atoms with Crippen molar-refractivity contribution in [2.24, 2.45) is 0 Å². The van der Waals surface area contributed by atoms with Crippen LogP contribution in [0.4, 0.5) is 0 Å². The minimum absolute atomic E-state index is 0.329. The van der Waals surface area contributed by atoms with Gasteiger partial charge in [-0.1, -0.05) is 29.8 Å². The van der Waals surface area contributed by atoms with Gasteiger partial charge in [-0.3, -0.25) is 4.79 Å². The molecule has 1 aliphatic rings. The first-order chi connectivity index (χ1) is 14.9. The number of rotatable bonds is 9. The second-order valence-corrected chi connectivity index (χ2v) is 8.31. The Balaban J connectivity index is 1.72. The average molecular weight is 444 g/mol. The third-order valence-electron chi connectivity index (χ3n) is 5.01. The summed E-state index contributed by atoms with van der Waals surface area (Å²) in [7, 11) is 0. The third-order valence-corrected chi connectivity index (χ3v) is 5.65. The molecule has 0 spiro atoms. The molecule has 164 valence electrons. The fourth-order valence-corrected chi connectivity index (χ4v) is 3.90. The lowest BCUT2D eigenvalue weighted by Gasteiger charge is -2.26. The number of hydrogen-bond acceptors (Lipinski definition) is 6. The average Bonchev–Trinajstić information content (AvgIpc) is 2.75. The van der Waals surface area contributed by atoms with Gasteiger partial charge in [-0.05, 0) is 49.1 Å². The number of nitrogens with one attached hydrogen (secondary N) is 1. The Bertz CT molecular complexity index is 976. The highest BCUT2D eigenvalue weighted by atomic mass is 32.2.